The molecule has 2 aliphatic heterocycles. The Labute approximate surface area is 154 Å². The van der Waals surface area contributed by atoms with E-state index in [9.17, 15) is 4.79 Å². The summed E-state index contributed by atoms with van der Waals surface area (Å²) < 4.78 is 5.81. The highest BCUT2D eigenvalue weighted by Crippen LogP contribution is 2.22. The number of carbonyl (C=O) groups excluding carboxylic acids is 1. The first-order valence-corrected chi connectivity index (χ1v) is 9.70. The van der Waals surface area contributed by atoms with Gasteiger partial charge in [-0.05, 0) is 31.0 Å². The summed E-state index contributed by atoms with van der Waals surface area (Å²) in [4.78, 5) is 25.1. The second-order valence-corrected chi connectivity index (χ2v) is 7.56. The zero-order valence-electron chi connectivity index (χ0n) is 15.7. The minimum atomic E-state index is 0.206. The fourth-order valence-electron chi connectivity index (χ4n) is 4.32. The second kappa shape index (κ2) is 7.37. The number of rotatable bonds is 4. The summed E-state index contributed by atoms with van der Waals surface area (Å²) in [6.45, 7) is 8.31. The molecule has 2 atom stereocenters. The molecule has 0 saturated carbocycles. The van der Waals surface area contributed by atoms with Gasteiger partial charge in [-0.15, -0.1) is 0 Å². The normalized spacial score (nSPS) is 24.0. The van der Waals surface area contributed by atoms with Crippen LogP contribution in [0.3, 0.4) is 0 Å². The number of ether oxygens (including phenoxy) is 1. The minimum absolute atomic E-state index is 0.206. The predicted molar refractivity (Wildman–Crippen MR) is 101 cm³/mol. The van der Waals surface area contributed by atoms with Gasteiger partial charge in [0, 0.05) is 25.7 Å². The van der Waals surface area contributed by atoms with Crippen molar-refractivity contribution in [3.63, 3.8) is 0 Å². The average Bonchev–Trinajstić information content (AvgIpc) is 3.01. The van der Waals surface area contributed by atoms with Crippen molar-refractivity contribution in [1.82, 2.24) is 19.8 Å². The number of piperazine rings is 1. The number of H-pyrrole nitrogens is 1. The van der Waals surface area contributed by atoms with Crippen LogP contribution in [0.15, 0.2) is 18.2 Å². The van der Waals surface area contributed by atoms with E-state index in [0.29, 0.717) is 18.5 Å². The Bertz CT molecular complexity index is 785. The molecule has 2 aromatic rings. The number of hydrogen-bond acceptors (Lipinski definition) is 4. The van der Waals surface area contributed by atoms with Gasteiger partial charge in [-0.3, -0.25) is 9.69 Å². The quantitative estimate of drug-likeness (QED) is 0.912. The summed E-state index contributed by atoms with van der Waals surface area (Å²) in [5.74, 6) is 1.11. The summed E-state index contributed by atoms with van der Waals surface area (Å²) in [6, 6.07) is 6.91. The predicted octanol–water partition coefficient (Wildman–Crippen LogP) is 2.13. The van der Waals surface area contributed by atoms with Crippen LogP contribution >= 0.6 is 0 Å². The van der Waals surface area contributed by atoms with Crippen LogP contribution in [-0.4, -0.2) is 70.6 Å². The molecule has 26 heavy (non-hydrogen) atoms. The van der Waals surface area contributed by atoms with Gasteiger partial charge in [-0.2, -0.15) is 0 Å². The summed E-state index contributed by atoms with van der Waals surface area (Å²) in [5, 5.41) is 0. The third-order valence-electron chi connectivity index (χ3n) is 5.61. The Hall–Kier alpha value is -1.92. The van der Waals surface area contributed by atoms with Crippen molar-refractivity contribution in [3.8, 4) is 0 Å². The molecule has 6 heteroatoms. The molecule has 0 bridgehead atoms. The Morgan fingerprint density at radius 3 is 3.08 bits per heavy atom. The molecular weight excluding hydrogens is 328 g/mol. The third-order valence-corrected chi connectivity index (χ3v) is 5.61. The molecule has 2 aliphatic rings. The Morgan fingerprint density at radius 2 is 2.23 bits per heavy atom. The van der Waals surface area contributed by atoms with Crippen LogP contribution in [0.5, 0.6) is 0 Å². The first-order valence-electron chi connectivity index (χ1n) is 9.70. The largest absolute Gasteiger partial charge is 0.378 e. The van der Waals surface area contributed by atoms with Crippen molar-refractivity contribution < 1.29 is 9.53 Å². The molecule has 0 aliphatic carbocycles. The average molecular weight is 356 g/mol. The van der Waals surface area contributed by atoms with E-state index >= 15 is 0 Å². The number of imidazole rings is 1. The van der Waals surface area contributed by atoms with Gasteiger partial charge in [-0.25, -0.2) is 4.98 Å². The molecule has 2 saturated heterocycles. The summed E-state index contributed by atoms with van der Waals surface area (Å²) in [6.07, 6.45) is 2.80. The smallest absolute Gasteiger partial charge is 0.227 e. The number of nitrogens with one attached hydrogen (secondary N) is 1. The Morgan fingerprint density at radius 1 is 1.35 bits per heavy atom. The van der Waals surface area contributed by atoms with Crippen LogP contribution in [0.4, 0.5) is 0 Å². The number of hydrogen-bond donors (Lipinski definition) is 1. The van der Waals surface area contributed by atoms with E-state index in [0.717, 1.165) is 55.3 Å². The van der Waals surface area contributed by atoms with Gasteiger partial charge in [0.15, 0.2) is 0 Å². The maximum absolute atomic E-state index is 12.8. The lowest BCUT2D eigenvalue weighted by molar-refractivity contribution is -0.139. The molecule has 3 heterocycles. The number of amides is 1. The minimum Gasteiger partial charge on any atom is -0.378 e. The van der Waals surface area contributed by atoms with Crippen LogP contribution in [0, 0.1) is 6.92 Å². The molecule has 1 amide bonds. The molecule has 1 N–H and O–H groups in total. The standard InChI is InChI=1S/C20H28N4O2/c1-3-4-16-12-26-13-17-11-23(7-8-24(16)17)20(25)10-15-5-6-18-19(9-15)22-14(2)21-18/h5-6,9,16-17H,3-4,7-8,10-13H2,1-2H3,(H,21,22)/t16-,17+/m0/s1. The van der Waals surface area contributed by atoms with Gasteiger partial charge in [0.2, 0.25) is 5.91 Å². The van der Waals surface area contributed by atoms with Crippen LogP contribution in [0.25, 0.3) is 11.0 Å². The van der Waals surface area contributed by atoms with Crippen molar-refractivity contribution in [2.75, 3.05) is 32.8 Å². The van der Waals surface area contributed by atoms with Gasteiger partial charge < -0.3 is 14.6 Å². The number of carbonyl (C=O) groups is 1. The van der Waals surface area contributed by atoms with E-state index in [1.807, 2.05) is 30.0 Å². The lowest BCUT2D eigenvalue weighted by Gasteiger charge is -2.48. The first kappa shape index (κ1) is 17.5. The number of aromatic nitrogens is 2. The number of benzene rings is 1. The Balaban J connectivity index is 1.40. The fourth-order valence-corrected chi connectivity index (χ4v) is 4.32. The topological polar surface area (TPSA) is 61.5 Å². The van der Waals surface area contributed by atoms with E-state index in [1.54, 1.807) is 0 Å². The SMILES string of the molecule is CCC[C@H]1COC[C@H]2CN(C(=O)Cc3ccc4nc(C)[nH]c4c3)CCN12. The molecule has 1 aromatic carbocycles. The molecule has 0 radical (unpaired) electrons. The van der Waals surface area contributed by atoms with Crippen LogP contribution in [0.1, 0.15) is 31.2 Å². The third kappa shape index (κ3) is 3.48. The highest BCUT2D eigenvalue weighted by Gasteiger charge is 2.36. The fraction of sp³-hybridized carbons (Fsp3) is 0.600. The number of nitrogens with zero attached hydrogens (tertiary/aromatic N) is 3. The number of fused-ring (bicyclic) bond motifs is 2. The van der Waals surface area contributed by atoms with Crippen LogP contribution in [0.2, 0.25) is 0 Å². The van der Waals surface area contributed by atoms with Gasteiger partial charge in [0.1, 0.15) is 5.82 Å². The number of aromatic amines is 1. The maximum Gasteiger partial charge on any atom is 0.227 e. The van der Waals surface area contributed by atoms with Gasteiger partial charge >= 0.3 is 0 Å². The van der Waals surface area contributed by atoms with E-state index in [2.05, 4.69) is 21.8 Å². The zero-order chi connectivity index (χ0) is 18.1. The van der Waals surface area contributed by atoms with E-state index in [1.165, 1.54) is 12.8 Å². The molecule has 0 unspecified atom stereocenters. The first-order chi connectivity index (χ1) is 12.6. The van der Waals surface area contributed by atoms with Crippen molar-refractivity contribution in [3.05, 3.63) is 29.6 Å². The van der Waals surface area contributed by atoms with Gasteiger partial charge in [0.25, 0.3) is 0 Å². The Kier molecular flexibility index (Phi) is 4.96. The number of morpholine rings is 1. The number of aryl methyl sites for hydroxylation is 1. The monoisotopic (exact) mass is 356 g/mol. The van der Waals surface area contributed by atoms with E-state index < -0.39 is 0 Å². The molecule has 0 spiro atoms. The summed E-state index contributed by atoms with van der Waals surface area (Å²) in [5.41, 5.74) is 2.99. The van der Waals surface area contributed by atoms with Crippen LogP contribution < -0.4 is 0 Å². The molecule has 2 fully saturated rings. The second-order valence-electron chi connectivity index (χ2n) is 7.56. The molecule has 1 aromatic heterocycles. The van der Waals surface area contributed by atoms with Crippen molar-refractivity contribution in [2.24, 2.45) is 0 Å². The van der Waals surface area contributed by atoms with Crippen molar-refractivity contribution in [2.45, 2.75) is 45.2 Å². The van der Waals surface area contributed by atoms with Crippen molar-refractivity contribution in [1.29, 1.82) is 0 Å². The van der Waals surface area contributed by atoms with E-state index in [4.69, 9.17) is 4.74 Å². The van der Waals surface area contributed by atoms with Gasteiger partial charge in [0.05, 0.1) is 36.7 Å². The molecule has 4 rings (SSSR count). The van der Waals surface area contributed by atoms with Crippen LogP contribution in [-0.2, 0) is 16.0 Å². The molecule has 6 nitrogen and oxygen atoms in total. The van der Waals surface area contributed by atoms with Gasteiger partial charge in [-0.1, -0.05) is 19.4 Å². The lowest BCUT2D eigenvalue weighted by Crippen LogP contribution is -2.62. The van der Waals surface area contributed by atoms with E-state index in [-0.39, 0.29) is 5.91 Å². The molecule has 140 valence electrons. The zero-order valence-corrected chi connectivity index (χ0v) is 15.7. The molecular formula is C20H28N4O2. The highest BCUT2D eigenvalue weighted by atomic mass is 16.5. The lowest BCUT2D eigenvalue weighted by atomic mass is 10.0. The van der Waals surface area contributed by atoms with Crippen molar-refractivity contribution >= 4 is 16.9 Å². The summed E-state index contributed by atoms with van der Waals surface area (Å²) >= 11 is 0. The highest BCUT2D eigenvalue weighted by molar-refractivity contribution is 5.82. The maximum atomic E-state index is 12.8. The summed E-state index contributed by atoms with van der Waals surface area (Å²) in [7, 11) is 0.